The molecule has 0 aliphatic rings. The zero-order chi connectivity index (χ0) is 14.9. The molecule has 0 spiro atoms. The summed E-state index contributed by atoms with van der Waals surface area (Å²) in [4.78, 5) is 23.6. The Morgan fingerprint density at radius 1 is 1.30 bits per heavy atom. The molecule has 2 aromatic rings. The zero-order valence-corrected chi connectivity index (χ0v) is 11.3. The summed E-state index contributed by atoms with van der Waals surface area (Å²) < 4.78 is 1.37. The molecule has 1 aromatic carbocycles. The minimum Gasteiger partial charge on any atom is -0.393 e. The third-order valence-corrected chi connectivity index (χ3v) is 2.99. The molecule has 0 bridgehead atoms. The van der Waals surface area contributed by atoms with Gasteiger partial charge in [0.1, 0.15) is 5.69 Å². The smallest absolute Gasteiger partial charge is 0.393 e. The molecule has 104 valence electrons. The summed E-state index contributed by atoms with van der Waals surface area (Å²) in [7, 11) is 0. The van der Waals surface area contributed by atoms with E-state index in [2.05, 4.69) is 26.0 Å². The second-order valence-electron chi connectivity index (χ2n) is 3.75. The second-order valence-corrected chi connectivity index (χ2v) is 4.46. The number of nitro groups is 2. The van der Waals surface area contributed by atoms with Crippen molar-refractivity contribution in [3.05, 3.63) is 48.7 Å². The average molecular weight is 343 g/mol. The highest BCUT2D eigenvalue weighted by Gasteiger charge is 2.20. The van der Waals surface area contributed by atoms with Crippen LogP contribution in [0.2, 0.25) is 0 Å². The fraction of sp³-hybridized carbons (Fsp3) is 0.111. The van der Waals surface area contributed by atoms with Gasteiger partial charge >= 0.3 is 5.95 Å². The van der Waals surface area contributed by atoms with E-state index < -0.39 is 15.8 Å². The monoisotopic (exact) mass is 342 g/mol. The molecule has 20 heavy (non-hydrogen) atoms. The van der Waals surface area contributed by atoms with E-state index in [0.717, 1.165) is 0 Å². The van der Waals surface area contributed by atoms with E-state index in [1.54, 1.807) is 6.07 Å². The van der Waals surface area contributed by atoms with Gasteiger partial charge < -0.3 is 15.8 Å². The van der Waals surface area contributed by atoms with Gasteiger partial charge in [0, 0.05) is 27.1 Å². The van der Waals surface area contributed by atoms with Gasteiger partial charge in [-0.3, -0.25) is 10.1 Å². The lowest BCUT2D eigenvalue weighted by Gasteiger charge is -2.01. The molecular formula is C9H7BrN6O4. The van der Waals surface area contributed by atoms with Crippen LogP contribution < -0.4 is 5.73 Å². The lowest BCUT2D eigenvalue weighted by molar-refractivity contribution is -0.394. The maximum atomic E-state index is 10.8. The van der Waals surface area contributed by atoms with Gasteiger partial charge in [0.15, 0.2) is 0 Å². The number of benzene rings is 1. The summed E-state index contributed by atoms with van der Waals surface area (Å²) in [5.41, 5.74) is 5.82. The van der Waals surface area contributed by atoms with Gasteiger partial charge in [-0.15, -0.1) is 0 Å². The Balaban J connectivity index is 2.33. The minimum absolute atomic E-state index is 0.0439. The normalized spacial score (nSPS) is 10.4. The number of nitrogen functional groups attached to an aromatic ring is 1. The van der Waals surface area contributed by atoms with Crippen molar-refractivity contribution in [3.8, 4) is 0 Å². The first-order valence-corrected chi connectivity index (χ1v) is 5.95. The number of nitro benzene ring substituents is 1. The fourth-order valence-corrected chi connectivity index (χ4v) is 1.87. The van der Waals surface area contributed by atoms with Gasteiger partial charge in [0.05, 0.1) is 11.5 Å². The quantitative estimate of drug-likeness (QED) is 0.503. The van der Waals surface area contributed by atoms with E-state index >= 15 is 0 Å². The van der Waals surface area contributed by atoms with Crippen molar-refractivity contribution in [3.63, 3.8) is 0 Å². The third-order valence-electron chi connectivity index (χ3n) is 2.40. The first-order chi connectivity index (χ1) is 9.38. The van der Waals surface area contributed by atoms with E-state index in [1.165, 1.54) is 16.8 Å². The van der Waals surface area contributed by atoms with Crippen LogP contribution in [0.5, 0.6) is 0 Å². The van der Waals surface area contributed by atoms with Gasteiger partial charge in [0.2, 0.25) is 0 Å². The molecule has 1 aromatic heterocycles. The summed E-state index contributed by atoms with van der Waals surface area (Å²) in [5, 5.41) is 25.0. The molecule has 0 fully saturated rings. The number of nitrogens with zero attached hydrogens (tertiary/aromatic N) is 5. The van der Waals surface area contributed by atoms with Crippen molar-refractivity contribution < 1.29 is 9.85 Å². The lowest BCUT2D eigenvalue weighted by atomic mass is 10.2. The molecule has 0 saturated heterocycles. The van der Waals surface area contributed by atoms with E-state index in [4.69, 9.17) is 5.73 Å². The van der Waals surface area contributed by atoms with Gasteiger partial charge in [0.25, 0.3) is 10.4 Å². The number of halogens is 1. The van der Waals surface area contributed by atoms with Gasteiger partial charge in [-0.05, 0) is 21.5 Å². The number of aromatic nitrogens is 3. The predicted octanol–water partition coefficient (Wildman–Crippen LogP) is 1.49. The molecule has 0 radical (unpaired) electrons. The highest BCUT2D eigenvalue weighted by Crippen LogP contribution is 2.23. The molecule has 0 unspecified atom stereocenters. The highest BCUT2D eigenvalue weighted by atomic mass is 79.9. The summed E-state index contributed by atoms with van der Waals surface area (Å²) in [5.74, 6) is -0.554. The molecule has 1 heterocycles. The Morgan fingerprint density at radius 2 is 2.00 bits per heavy atom. The Labute approximate surface area is 119 Å². The number of nitrogens with two attached hydrogens (primary N) is 1. The van der Waals surface area contributed by atoms with Crippen LogP contribution in [0.1, 0.15) is 5.56 Å². The molecule has 0 aliphatic carbocycles. The van der Waals surface area contributed by atoms with Crippen LogP contribution in [0.25, 0.3) is 0 Å². The van der Waals surface area contributed by atoms with Crippen LogP contribution in [0.4, 0.5) is 17.3 Å². The molecule has 0 saturated carbocycles. The van der Waals surface area contributed by atoms with E-state index in [0.29, 0.717) is 5.56 Å². The van der Waals surface area contributed by atoms with E-state index in [1.807, 2.05) is 0 Å². The van der Waals surface area contributed by atoms with Crippen molar-refractivity contribution in [2.24, 2.45) is 0 Å². The lowest BCUT2D eigenvalue weighted by Crippen LogP contribution is -2.04. The number of anilines is 1. The molecule has 10 nitrogen and oxygen atoms in total. The van der Waals surface area contributed by atoms with Crippen LogP contribution in [0.15, 0.2) is 22.9 Å². The molecule has 0 aliphatic heterocycles. The number of hydrogen-bond donors (Lipinski definition) is 1. The fourth-order valence-electron chi connectivity index (χ4n) is 1.51. The Morgan fingerprint density at radius 3 is 2.55 bits per heavy atom. The molecule has 0 atom stereocenters. The van der Waals surface area contributed by atoms with Crippen LogP contribution in [-0.4, -0.2) is 24.6 Å². The largest absolute Gasteiger partial charge is 0.492 e. The van der Waals surface area contributed by atoms with Crippen molar-refractivity contribution >= 4 is 33.3 Å². The molecule has 0 amide bonds. The topological polar surface area (TPSA) is 143 Å². The Kier molecular flexibility index (Phi) is 3.61. The van der Waals surface area contributed by atoms with Gasteiger partial charge in [-0.25, -0.2) is 0 Å². The molecule has 2 rings (SSSR count). The van der Waals surface area contributed by atoms with Crippen molar-refractivity contribution in [1.29, 1.82) is 0 Å². The van der Waals surface area contributed by atoms with Crippen molar-refractivity contribution in [2.45, 2.75) is 6.54 Å². The third kappa shape index (κ3) is 2.71. The number of rotatable bonds is 4. The second kappa shape index (κ2) is 5.21. The standard InChI is InChI=1S/C9H7BrN6O4/c10-8-12-9(16(19)20)13-14(8)4-5-1-2-6(11)7(3-5)15(17)18/h1-3H,4,11H2. The van der Waals surface area contributed by atoms with Crippen LogP contribution in [-0.2, 0) is 6.54 Å². The van der Waals surface area contributed by atoms with Gasteiger partial charge in [-0.1, -0.05) is 6.07 Å². The minimum atomic E-state index is -0.729. The van der Waals surface area contributed by atoms with Crippen molar-refractivity contribution in [2.75, 3.05) is 5.73 Å². The molecule has 2 N–H and O–H groups in total. The molecular weight excluding hydrogens is 336 g/mol. The van der Waals surface area contributed by atoms with Crippen LogP contribution in [0.3, 0.4) is 0 Å². The average Bonchev–Trinajstić information content (AvgIpc) is 2.73. The maximum Gasteiger partial charge on any atom is 0.492 e. The summed E-state index contributed by atoms with van der Waals surface area (Å²) >= 11 is 3.03. The van der Waals surface area contributed by atoms with Gasteiger partial charge in [-0.2, -0.15) is 4.68 Å². The summed E-state index contributed by atoms with van der Waals surface area (Å²) in [6.07, 6.45) is 0. The van der Waals surface area contributed by atoms with Crippen LogP contribution >= 0.6 is 15.9 Å². The first-order valence-electron chi connectivity index (χ1n) is 5.16. The van der Waals surface area contributed by atoms with E-state index in [9.17, 15) is 20.2 Å². The highest BCUT2D eigenvalue weighted by molar-refractivity contribution is 9.10. The summed E-state index contributed by atoms with van der Waals surface area (Å²) in [6.45, 7) is 0.0859. The van der Waals surface area contributed by atoms with Crippen molar-refractivity contribution in [1.82, 2.24) is 14.8 Å². The number of hydrogen-bond acceptors (Lipinski definition) is 7. The van der Waals surface area contributed by atoms with E-state index in [-0.39, 0.29) is 22.7 Å². The van der Waals surface area contributed by atoms with Crippen LogP contribution in [0, 0.1) is 20.2 Å². The SMILES string of the molecule is Nc1ccc(Cn2nc([N+](=O)[O-])nc2Br)cc1[N+](=O)[O-]. The Hall–Kier alpha value is -2.56. The maximum absolute atomic E-state index is 10.8. The zero-order valence-electron chi connectivity index (χ0n) is 9.76. The first kappa shape index (κ1) is 13.9. The Bertz CT molecular complexity index is 700. The predicted molar refractivity (Wildman–Crippen MR) is 71.0 cm³/mol. The summed E-state index contributed by atoms with van der Waals surface area (Å²) in [6, 6.07) is 4.25. The molecule has 11 heteroatoms.